The van der Waals surface area contributed by atoms with E-state index < -0.39 is 0 Å². The lowest BCUT2D eigenvalue weighted by atomic mass is 9.69. The summed E-state index contributed by atoms with van der Waals surface area (Å²) in [5.41, 5.74) is 3.34. The lowest BCUT2D eigenvalue weighted by molar-refractivity contribution is 0.234. The van der Waals surface area contributed by atoms with Crippen molar-refractivity contribution in [1.82, 2.24) is 0 Å². The van der Waals surface area contributed by atoms with Crippen LogP contribution in [0.4, 0.5) is 0 Å². The molecule has 0 bridgehead atoms. The number of allylic oxidation sites excluding steroid dienone is 2. The van der Waals surface area contributed by atoms with Gasteiger partial charge in [-0.2, -0.15) is 0 Å². The Labute approximate surface area is 83.4 Å². The topological polar surface area (TPSA) is 0 Å². The first-order valence-electron chi connectivity index (χ1n) is 5.75. The van der Waals surface area contributed by atoms with Crippen LogP contribution in [0.5, 0.6) is 0 Å². The van der Waals surface area contributed by atoms with Gasteiger partial charge in [0.2, 0.25) is 0 Å². The Morgan fingerprint density at radius 2 is 1.92 bits per heavy atom. The van der Waals surface area contributed by atoms with Crippen LogP contribution in [0.1, 0.15) is 53.9 Å². The van der Waals surface area contributed by atoms with Crippen molar-refractivity contribution in [1.29, 1.82) is 0 Å². The summed E-state index contributed by atoms with van der Waals surface area (Å²) in [7, 11) is 0. The van der Waals surface area contributed by atoms with Crippen LogP contribution in [0.3, 0.4) is 0 Å². The van der Waals surface area contributed by atoms with Crippen LogP contribution in [0.25, 0.3) is 0 Å². The molecule has 0 aromatic carbocycles. The van der Waals surface area contributed by atoms with Crippen molar-refractivity contribution in [2.75, 3.05) is 0 Å². The van der Waals surface area contributed by atoms with E-state index in [2.05, 4.69) is 34.6 Å². The summed E-state index contributed by atoms with van der Waals surface area (Å²) >= 11 is 0. The van der Waals surface area contributed by atoms with Crippen molar-refractivity contribution in [2.45, 2.75) is 53.9 Å². The van der Waals surface area contributed by atoms with Gasteiger partial charge in [0.1, 0.15) is 0 Å². The second-order valence-electron chi connectivity index (χ2n) is 4.84. The first-order valence-corrected chi connectivity index (χ1v) is 5.75. The first-order chi connectivity index (χ1) is 6.07. The van der Waals surface area contributed by atoms with E-state index in [1.165, 1.54) is 19.3 Å². The summed E-state index contributed by atoms with van der Waals surface area (Å²) < 4.78 is 0. The zero-order valence-corrected chi connectivity index (χ0v) is 9.85. The summed E-state index contributed by atoms with van der Waals surface area (Å²) in [4.78, 5) is 0. The smallest absolute Gasteiger partial charge is 0.0177 e. The molecule has 0 saturated heterocycles. The average Bonchev–Trinajstić information content (AvgIpc) is 2.12. The average molecular weight is 180 g/mol. The Morgan fingerprint density at radius 1 is 1.31 bits per heavy atom. The maximum absolute atomic E-state index is 2.39. The van der Waals surface area contributed by atoms with Gasteiger partial charge in [0.15, 0.2) is 0 Å². The minimum atomic E-state index is 0.785. The molecule has 1 saturated carbocycles. The Kier molecular flexibility index (Phi) is 3.58. The molecule has 0 amide bonds. The molecule has 0 aliphatic heterocycles. The SMILES string of the molecule is CCC(C)C(C)=C(C)C1CCC1C. The van der Waals surface area contributed by atoms with Gasteiger partial charge in [0.25, 0.3) is 0 Å². The molecule has 0 aromatic rings. The molecule has 0 aromatic heterocycles. The molecule has 1 rings (SSSR count). The molecular weight excluding hydrogens is 156 g/mol. The van der Waals surface area contributed by atoms with Crippen LogP contribution in [-0.4, -0.2) is 0 Å². The van der Waals surface area contributed by atoms with Gasteiger partial charge >= 0.3 is 0 Å². The highest BCUT2D eigenvalue weighted by molar-refractivity contribution is 5.18. The Balaban J connectivity index is 2.66. The summed E-state index contributed by atoms with van der Waals surface area (Å²) in [5, 5.41) is 0. The maximum atomic E-state index is 2.39. The molecule has 1 aliphatic rings. The van der Waals surface area contributed by atoms with Gasteiger partial charge in [-0.1, -0.05) is 31.9 Å². The molecule has 0 heterocycles. The molecule has 76 valence electrons. The van der Waals surface area contributed by atoms with E-state index in [0.717, 1.165) is 17.8 Å². The number of rotatable bonds is 3. The van der Waals surface area contributed by atoms with Gasteiger partial charge < -0.3 is 0 Å². The third kappa shape index (κ3) is 2.15. The third-order valence-corrected chi connectivity index (χ3v) is 4.15. The highest BCUT2D eigenvalue weighted by Gasteiger charge is 2.29. The van der Waals surface area contributed by atoms with Crippen LogP contribution < -0.4 is 0 Å². The van der Waals surface area contributed by atoms with Gasteiger partial charge in [-0.15, -0.1) is 0 Å². The standard InChI is InChI=1S/C13H24/c1-6-9(2)11(4)12(5)13-8-7-10(13)3/h9-10,13H,6-8H2,1-5H3. The Hall–Kier alpha value is -0.260. The summed E-state index contributed by atoms with van der Waals surface area (Å²) in [6, 6.07) is 0. The van der Waals surface area contributed by atoms with Gasteiger partial charge in [0.05, 0.1) is 0 Å². The molecule has 13 heavy (non-hydrogen) atoms. The van der Waals surface area contributed by atoms with Gasteiger partial charge in [-0.05, 0) is 50.9 Å². The van der Waals surface area contributed by atoms with Crippen LogP contribution >= 0.6 is 0 Å². The van der Waals surface area contributed by atoms with Crippen molar-refractivity contribution in [3.63, 3.8) is 0 Å². The van der Waals surface area contributed by atoms with E-state index in [-0.39, 0.29) is 0 Å². The van der Waals surface area contributed by atoms with E-state index in [1.807, 2.05) is 0 Å². The minimum absolute atomic E-state index is 0.785. The predicted molar refractivity (Wildman–Crippen MR) is 59.7 cm³/mol. The molecule has 1 fully saturated rings. The van der Waals surface area contributed by atoms with Crippen molar-refractivity contribution < 1.29 is 0 Å². The first kappa shape index (κ1) is 10.8. The van der Waals surface area contributed by atoms with Crippen LogP contribution in [0, 0.1) is 17.8 Å². The van der Waals surface area contributed by atoms with Crippen molar-refractivity contribution in [3.05, 3.63) is 11.1 Å². The fourth-order valence-electron chi connectivity index (χ4n) is 2.30. The van der Waals surface area contributed by atoms with E-state index in [0.29, 0.717) is 0 Å². The highest BCUT2D eigenvalue weighted by atomic mass is 14.3. The summed E-state index contributed by atoms with van der Waals surface area (Å²) in [6.45, 7) is 11.7. The molecule has 3 atom stereocenters. The zero-order chi connectivity index (χ0) is 10.0. The van der Waals surface area contributed by atoms with Gasteiger partial charge in [-0.25, -0.2) is 0 Å². The van der Waals surface area contributed by atoms with Gasteiger partial charge in [-0.3, -0.25) is 0 Å². The highest BCUT2D eigenvalue weighted by Crippen LogP contribution is 2.41. The molecule has 0 N–H and O–H groups in total. The zero-order valence-electron chi connectivity index (χ0n) is 9.85. The predicted octanol–water partition coefficient (Wildman–Crippen LogP) is 4.42. The molecule has 0 nitrogen and oxygen atoms in total. The largest absolute Gasteiger partial charge is 0.0713 e. The van der Waals surface area contributed by atoms with Crippen molar-refractivity contribution in [3.8, 4) is 0 Å². The molecule has 0 spiro atoms. The van der Waals surface area contributed by atoms with E-state index in [9.17, 15) is 0 Å². The van der Waals surface area contributed by atoms with E-state index >= 15 is 0 Å². The van der Waals surface area contributed by atoms with Crippen LogP contribution in [-0.2, 0) is 0 Å². The third-order valence-electron chi connectivity index (χ3n) is 4.15. The fraction of sp³-hybridized carbons (Fsp3) is 0.846. The normalized spacial score (nSPS) is 32.1. The number of hydrogen-bond donors (Lipinski definition) is 0. The van der Waals surface area contributed by atoms with Crippen LogP contribution in [0.2, 0.25) is 0 Å². The summed E-state index contributed by atoms with van der Waals surface area (Å²) in [6.07, 6.45) is 4.15. The quantitative estimate of drug-likeness (QED) is 0.564. The lowest BCUT2D eigenvalue weighted by Gasteiger charge is -2.36. The Morgan fingerprint density at radius 3 is 2.23 bits per heavy atom. The second-order valence-corrected chi connectivity index (χ2v) is 4.84. The maximum Gasteiger partial charge on any atom is -0.0177 e. The fourth-order valence-corrected chi connectivity index (χ4v) is 2.30. The molecular formula is C13H24. The summed E-state index contributed by atoms with van der Waals surface area (Å²) in [5.74, 6) is 2.64. The van der Waals surface area contributed by atoms with Crippen LogP contribution in [0.15, 0.2) is 11.1 Å². The molecule has 0 heteroatoms. The van der Waals surface area contributed by atoms with E-state index in [1.54, 1.807) is 11.1 Å². The van der Waals surface area contributed by atoms with Crippen molar-refractivity contribution in [2.24, 2.45) is 17.8 Å². The Bertz CT molecular complexity index is 200. The number of hydrogen-bond acceptors (Lipinski definition) is 0. The van der Waals surface area contributed by atoms with E-state index in [4.69, 9.17) is 0 Å². The minimum Gasteiger partial charge on any atom is -0.0713 e. The molecule has 3 unspecified atom stereocenters. The van der Waals surface area contributed by atoms with Gasteiger partial charge in [0, 0.05) is 0 Å². The lowest BCUT2D eigenvalue weighted by Crippen LogP contribution is -2.25. The molecule has 1 aliphatic carbocycles. The van der Waals surface area contributed by atoms with Crippen molar-refractivity contribution >= 4 is 0 Å². The molecule has 0 radical (unpaired) electrons. The monoisotopic (exact) mass is 180 g/mol. The second kappa shape index (κ2) is 4.30.